The van der Waals surface area contributed by atoms with Crippen molar-refractivity contribution in [2.24, 2.45) is 0 Å². The fourth-order valence-electron chi connectivity index (χ4n) is 2.06. The first-order valence-corrected chi connectivity index (χ1v) is 7.07. The average Bonchev–Trinajstić information content (AvgIpc) is 2.33. The maximum absolute atomic E-state index is 12.3. The molecule has 0 aromatic heterocycles. The second-order valence-electron chi connectivity index (χ2n) is 4.38. The van der Waals surface area contributed by atoms with Gasteiger partial charge < -0.3 is 4.90 Å². The molecule has 92 valence electrons. The number of nitrogens with zero attached hydrogens (tertiary/aromatic N) is 1. The first-order valence-electron chi connectivity index (χ1n) is 5.78. The van der Waals surface area contributed by atoms with Gasteiger partial charge >= 0.3 is 0 Å². The number of likely N-dealkylation sites (tertiary alicyclic amines) is 1. The van der Waals surface area contributed by atoms with Crippen LogP contribution in [0.4, 0.5) is 0 Å². The van der Waals surface area contributed by atoms with Crippen molar-refractivity contribution in [1.29, 1.82) is 0 Å². The lowest BCUT2D eigenvalue weighted by molar-refractivity contribution is 0.0727. The van der Waals surface area contributed by atoms with Crippen LogP contribution in [0.15, 0.2) is 18.2 Å². The topological polar surface area (TPSA) is 20.3 Å². The van der Waals surface area contributed by atoms with E-state index in [0.29, 0.717) is 9.85 Å². The number of benzene rings is 1. The van der Waals surface area contributed by atoms with E-state index >= 15 is 0 Å². The van der Waals surface area contributed by atoms with Gasteiger partial charge in [0.25, 0.3) is 5.91 Å². The van der Waals surface area contributed by atoms with E-state index < -0.39 is 0 Å². The number of hydrogen-bond acceptors (Lipinski definition) is 1. The molecule has 0 radical (unpaired) electrons. The highest BCUT2D eigenvalue weighted by Crippen LogP contribution is 2.23. The lowest BCUT2D eigenvalue weighted by atomic mass is 10.1. The van der Waals surface area contributed by atoms with Crippen molar-refractivity contribution in [2.45, 2.75) is 24.6 Å². The van der Waals surface area contributed by atoms with Gasteiger partial charge in [-0.3, -0.25) is 4.79 Å². The molecule has 0 atom stereocenters. The number of halogens is 2. The van der Waals surface area contributed by atoms with Gasteiger partial charge in [0.15, 0.2) is 0 Å². The molecule has 0 unspecified atom stereocenters. The third-order valence-electron chi connectivity index (χ3n) is 3.21. The zero-order chi connectivity index (χ0) is 12.4. The molecule has 2 rings (SSSR count). The van der Waals surface area contributed by atoms with Crippen LogP contribution in [-0.4, -0.2) is 28.7 Å². The Hall–Kier alpha value is -0.540. The van der Waals surface area contributed by atoms with Crippen molar-refractivity contribution >= 4 is 33.4 Å². The van der Waals surface area contributed by atoms with Crippen molar-refractivity contribution in [2.75, 3.05) is 13.1 Å². The summed E-state index contributed by atoms with van der Waals surface area (Å²) in [6.07, 6.45) is 2.04. The summed E-state index contributed by atoms with van der Waals surface area (Å²) in [6, 6.07) is 5.50. The molecule has 1 aromatic rings. The molecule has 1 amide bonds. The van der Waals surface area contributed by atoms with Gasteiger partial charge in [0.1, 0.15) is 0 Å². The number of rotatable bonds is 1. The van der Waals surface area contributed by atoms with Crippen LogP contribution in [0.3, 0.4) is 0 Å². The zero-order valence-corrected chi connectivity index (χ0v) is 12.1. The van der Waals surface area contributed by atoms with Gasteiger partial charge in [-0.05, 0) is 37.5 Å². The van der Waals surface area contributed by atoms with E-state index in [1.807, 2.05) is 30.0 Å². The van der Waals surface area contributed by atoms with E-state index in [0.717, 1.165) is 37.1 Å². The molecule has 17 heavy (non-hydrogen) atoms. The van der Waals surface area contributed by atoms with Crippen LogP contribution in [0.5, 0.6) is 0 Å². The molecule has 2 nitrogen and oxygen atoms in total. The summed E-state index contributed by atoms with van der Waals surface area (Å²) in [5.74, 6) is 0.101. The summed E-state index contributed by atoms with van der Waals surface area (Å²) in [7, 11) is 0. The zero-order valence-electron chi connectivity index (χ0n) is 9.75. The predicted molar refractivity (Wildman–Crippen MR) is 74.0 cm³/mol. The number of piperidine rings is 1. The van der Waals surface area contributed by atoms with E-state index in [9.17, 15) is 4.79 Å². The molecule has 1 aromatic carbocycles. The van der Waals surface area contributed by atoms with Crippen molar-refractivity contribution in [3.05, 3.63) is 34.3 Å². The Labute approximate surface area is 115 Å². The van der Waals surface area contributed by atoms with E-state index in [1.165, 1.54) is 0 Å². The Kier molecular flexibility index (Phi) is 4.10. The van der Waals surface area contributed by atoms with E-state index in [4.69, 9.17) is 11.6 Å². The van der Waals surface area contributed by atoms with Crippen molar-refractivity contribution < 1.29 is 4.79 Å². The molecule has 1 saturated heterocycles. The lowest BCUT2D eigenvalue weighted by Crippen LogP contribution is -2.38. The van der Waals surface area contributed by atoms with Crippen LogP contribution in [0.2, 0.25) is 5.02 Å². The predicted octanol–water partition coefficient (Wildman–Crippen LogP) is 3.65. The Morgan fingerprint density at radius 1 is 1.41 bits per heavy atom. The quantitative estimate of drug-likeness (QED) is 0.724. The Balaban J connectivity index is 2.17. The van der Waals surface area contributed by atoms with Gasteiger partial charge in [-0.25, -0.2) is 0 Å². The van der Waals surface area contributed by atoms with E-state index in [1.54, 1.807) is 0 Å². The van der Waals surface area contributed by atoms with Gasteiger partial charge in [-0.15, -0.1) is 0 Å². The van der Waals surface area contributed by atoms with Gasteiger partial charge in [-0.2, -0.15) is 0 Å². The molecular formula is C13H15BrClNO. The van der Waals surface area contributed by atoms with Gasteiger partial charge in [-0.1, -0.05) is 33.6 Å². The minimum Gasteiger partial charge on any atom is -0.339 e. The third-order valence-corrected chi connectivity index (χ3v) is 4.53. The maximum atomic E-state index is 12.3. The standard InChI is InChI=1S/C13H15BrClNO/c1-9-11(3-2-4-12(9)15)13(17)16-7-5-10(14)6-8-16/h2-4,10H,5-8H2,1H3. The molecule has 1 aliphatic rings. The Morgan fingerprint density at radius 3 is 2.71 bits per heavy atom. The highest BCUT2D eigenvalue weighted by Gasteiger charge is 2.23. The van der Waals surface area contributed by atoms with Crippen LogP contribution in [0.25, 0.3) is 0 Å². The first-order chi connectivity index (χ1) is 8.09. The number of alkyl halides is 1. The van der Waals surface area contributed by atoms with Crippen LogP contribution >= 0.6 is 27.5 Å². The SMILES string of the molecule is Cc1c(Cl)cccc1C(=O)N1CCC(Br)CC1. The van der Waals surface area contributed by atoms with E-state index in [-0.39, 0.29) is 5.91 Å². The van der Waals surface area contributed by atoms with Crippen molar-refractivity contribution in [1.82, 2.24) is 4.90 Å². The monoisotopic (exact) mass is 315 g/mol. The highest BCUT2D eigenvalue weighted by molar-refractivity contribution is 9.09. The molecule has 0 aliphatic carbocycles. The fourth-order valence-corrected chi connectivity index (χ4v) is 2.64. The molecular weight excluding hydrogens is 302 g/mol. The highest BCUT2D eigenvalue weighted by atomic mass is 79.9. The summed E-state index contributed by atoms with van der Waals surface area (Å²) in [6.45, 7) is 3.54. The van der Waals surface area contributed by atoms with Crippen molar-refractivity contribution in [3.63, 3.8) is 0 Å². The number of hydrogen-bond donors (Lipinski definition) is 0. The number of carbonyl (C=O) groups is 1. The van der Waals surface area contributed by atoms with E-state index in [2.05, 4.69) is 15.9 Å². The first kappa shape index (κ1) is 12.9. The average molecular weight is 317 g/mol. The lowest BCUT2D eigenvalue weighted by Gasteiger charge is -2.30. The van der Waals surface area contributed by atoms with Gasteiger partial charge in [0.05, 0.1) is 0 Å². The van der Waals surface area contributed by atoms with Gasteiger partial charge in [0, 0.05) is 28.5 Å². The maximum Gasteiger partial charge on any atom is 0.254 e. The molecule has 1 fully saturated rings. The van der Waals surface area contributed by atoms with Crippen LogP contribution < -0.4 is 0 Å². The largest absolute Gasteiger partial charge is 0.339 e. The van der Waals surface area contributed by atoms with Crippen LogP contribution in [0, 0.1) is 6.92 Å². The minimum atomic E-state index is 0.101. The molecule has 0 saturated carbocycles. The molecule has 0 N–H and O–H groups in total. The Bertz CT molecular complexity index is 427. The smallest absolute Gasteiger partial charge is 0.254 e. The summed E-state index contributed by atoms with van der Waals surface area (Å²) in [5, 5.41) is 0.659. The second-order valence-corrected chi connectivity index (χ2v) is 6.08. The fraction of sp³-hybridized carbons (Fsp3) is 0.462. The van der Waals surface area contributed by atoms with Gasteiger partial charge in [0.2, 0.25) is 0 Å². The molecule has 1 heterocycles. The number of amides is 1. The minimum absolute atomic E-state index is 0.101. The van der Waals surface area contributed by atoms with Crippen molar-refractivity contribution in [3.8, 4) is 0 Å². The summed E-state index contributed by atoms with van der Waals surface area (Å²) >= 11 is 9.63. The summed E-state index contributed by atoms with van der Waals surface area (Å²) in [5.41, 5.74) is 1.60. The summed E-state index contributed by atoms with van der Waals surface area (Å²) < 4.78 is 0. The molecule has 0 spiro atoms. The normalized spacial score (nSPS) is 17.2. The molecule has 1 aliphatic heterocycles. The molecule has 0 bridgehead atoms. The van der Waals surface area contributed by atoms with Crippen LogP contribution in [-0.2, 0) is 0 Å². The second kappa shape index (κ2) is 5.40. The molecule has 4 heteroatoms. The van der Waals surface area contributed by atoms with Crippen LogP contribution in [0.1, 0.15) is 28.8 Å². The Morgan fingerprint density at radius 2 is 2.06 bits per heavy atom. The summed E-state index contributed by atoms with van der Waals surface area (Å²) in [4.78, 5) is 14.8. The number of carbonyl (C=O) groups excluding carboxylic acids is 1. The third kappa shape index (κ3) is 2.83.